The predicted octanol–water partition coefficient (Wildman–Crippen LogP) is 5.29. The highest BCUT2D eigenvalue weighted by atomic mass is 35.5. The maximum atomic E-state index is 6.18. The molecule has 1 aliphatic heterocycles. The number of anilines is 1. The monoisotopic (exact) mass is 416 g/mol. The van der Waals surface area contributed by atoms with Gasteiger partial charge in [-0.1, -0.05) is 54.1 Å². The number of pyridine rings is 1. The Hall–Kier alpha value is -2.82. The molecule has 0 atom stereocenters. The minimum Gasteiger partial charge on any atom is -0.369 e. The fourth-order valence-corrected chi connectivity index (χ4v) is 4.41. The average Bonchev–Trinajstić information content (AvgIpc) is 3.12. The first-order chi connectivity index (χ1) is 14.7. The SMILES string of the molecule is Cc1ccc2nc(-c3ccccc3)c(CN3CCN(c4cccc(Cl)c4)CC3)n2c1. The Bertz CT molecular complexity index is 1160. The van der Waals surface area contributed by atoms with Crippen molar-refractivity contribution >= 4 is 22.9 Å². The lowest BCUT2D eigenvalue weighted by Crippen LogP contribution is -2.46. The van der Waals surface area contributed by atoms with Crippen molar-refractivity contribution in [2.24, 2.45) is 0 Å². The smallest absolute Gasteiger partial charge is 0.137 e. The van der Waals surface area contributed by atoms with E-state index in [0.717, 1.165) is 49.1 Å². The van der Waals surface area contributed by atoms with Gasteiger partial charge in [0.1, 0.15) is 5.65 Å². The number of rotatable bonds is 4. The van der Waals surface area contributed by atoms with E-state index >= 15 is 0 Å². The Kier molecular flexibility index (Phi) is 5.19. The lowest BCUT2D eigenvalue weighted by Gasteiger charge is -2.36. The Morgan fingerprint density at radius 3 is 2.47 bits per heavy atom. The molecule has 0 bridgehead atoms. The van der Waals surface area contributed by atoms with Crippen LogP contribution in [0.4, 0.5) is 5.69 Å². The Balaban J connectivity index is 1.41. The molecule has 2 aromatic carbocycles. The molecule has 152 valence electrons. The molecule has 5 rings (SSSR count). The molecule has 0 radical (unpaired) electrons. The number of aromatic nitrogens is 2. The van der Waals surface area contributed by atoms with Gasteiger partial charge in [-0.2, -0.15) is 0 Å². The van der Waals surface area contributed by atoms with Gasteiger partial charge in [0.15, 0.2) is 0 Å². The van der Waals surface area contributed by atoms with Crippen LogP contribution >= 0.6 is 11.6 Å². The van der Waals surface area contributed by atoms with Crippen molar-refractivity contribution in [3.8, 4) is 11.3 Å². The van der Waals surface area contributed by atoms with E-state index in [1.807, 2.05) is 12.1 Å². The number of piperazine rings is 1. The van der Waals surface area contributed by atoms with Gasteiger partial charge in [0.2, 0.25) is 0 Å². The average molecular weight is 417 g/mol. The Morgan fingerprint density at radius 1 is 0.900 bits per heavy atom. The van der Waals surface area contributed by atoms with Gasteiger partial charge in [0.05, 0.1) is 11.4 Å². The van der Waals surface area contributed by atoms with Crippen molar-refractivity contribution in [3.05, 3.63) is 89.2 Å². The number of benzene rings is 2. The second-order valence-electron chi connectivity index (χ2n) is 7.95. The molecule has 2 aromatic heterocycles. The number of fused-ring (bicyclic) bond motifs is 1. The van der Waals surface area contributed by atoms with Gasteiger partial charge in [-0.3, -0.25) is 4.90 Å². The lowest BCUT2D eigenvalue weighted by atomic mass is 10.1. The van der Waals surface area contributed by atoms with Crippen LogP contribution in [0.3, 0.4) is 0 Å². The van der Waals surface area contributed by atoms with Gasteiger partial charge in [-0.25, -0.2) is 4.98 Å². The highest BCUT2D eigenvalue weighted by molar-refractivity contribution is 6.30. The molecule has 0 N–H and O–H groups in total. The van der Waals surface area contributed by atoms with E-state index in [0.29, 0.717) is 0 Å². The molecule has 0 aliphatic carbocycles. The van der Waals surface area contributed by atoms with E-state index in [2.05, 4.69) is 81.9 Å². The molecule has 4 nitrogen and oxygen atoms in total. The fraction of sp³-hybridized carbons (Fsp3) is 0.240. The molecule has 0 amide bonds. The molecule has 4 aromatic rings. The number of nitrogens with zero attached hydrogens (tertiary/aromatic N) is 4. The van der Waals surface area contributed by atoms with Crippen molar-refractivity contribution < 1.29 is 0 Å². The maximum Gasteiger partial charge on any atom is 0.137 e. The van der Waals surface area contributed by atoms with Crippen molar-refractivity contribution in [3.63, 3.8) is 0 Å². The van der Waals surface area contributed by atoms with Crippen LogP contribution in [-0.4, -0.2) is 40.5 Å². The summed E-state index contributed by atoms with van der Waals surface area (Å²) in [5.74, 6) is 0. The van der Waals surface area contributed by atoms with Crippen LogP contribution in [0.15, 0.2) is 72.9 Å². The third kappa shape index (κ3) is 3.81. The van der Waals surface area contributed by atoms with Gasteiger partial charge >= 0.3 is 0 Å². The first-order valence-corrected chi connectivity index (χ1v) is 10.8. The largest absolute Gasteiger partial charge is 0.369 e. The predicted molar refractivity (Wildman–Crippen MR) is 124 cm³/mol. The van der Waals surface area contributed by atoms with E-state index < -0.39 is 0 Å². The van der Waals surface area contributed by atoms with Crippen LogP contribution in [0.5, 0.6) is 0 Å². The number of imidazole rings is 1. The van der Waals surface area contributed by atoms with E-state index in [9.17, 15) is 0 Å². The molecule has 0 unspecified atom stereocenters. The summed E-state index contributed by atoms with van der Waals surface area (Å²) in [5, 5.41) is 0.795. The van der Waals surface area contributed by atoms with Crippen molar-refractivity contribution in [1.82, 2.24) is 14.3 Å². The highest BCUT2D eigenvalue weighted by Crippen LogP contribution is 2.27. The summed E-state index contributed by atoms with van der Waals surface area (Å²) in [4.78, 5) is 9.92. The van der Waals surface area contributed by atoms with E-state index in [4.69, 9.17) is 16.6 Å². The highest BCUT2D eigenvalue weighted by Gasteiger charge is 2.21. The van der Waals surface area contributed by atoms with Gasteiger partial charge in [-0.05, 0) is 36.8 Å². The van der Waals surface area contributed by atoms with E-state index in [-0.39, 0.29) is 0 Å². The van der Waals surface area contributed by atoms with Crippen molar-refractivity contribution in [1.29, 1.82) is 0 Å². The second kappa shape index (κ2) is 8.13. The van der Waals surface area contributed by atoms with E-state index in [1.165, 1.54) is 22.5 Å². The molecular formula is C25H25ClN4. The molecule has 1 aliphatic rings. The molecule has 0 saturated carbocycles. The summed E-state index contributed by atoms with van der Waals surface area (Å²) >= 11 is 6.18. The van der Waals surface area contributed by atoms with Crippen LogP contribution in [0, 0.1) is 6.92 Å². The Labute approximate surface area is 182 Å². The minimum absolute atomic E-state index is 0.795. The normalized spacial score (nSPS) is 15.1. The zero-order chi connectivity index (χ0) is 20.5. The molecule has 5 heteroatoms. The molecule has 1 saturated heterocycles. The first kappa shape index (κ1) is 19.2. The summed E-state index contributed by atoms with van der Waals surface area (Å²) < 4.78 is 2.26. The molecule has 1 fully saturated rings. The number of hydrogen-bond donors (Lipinski definition) is 0. The summed E-state index contributed by atoms with van der Waals surface area (Å²) in [7, 11) is 0. The van der Waals surface area contributed by atoms with Crippen LogP contribution in [0.2, 0.25) is 5.02 Å². The van der Waals surface area contributed by atoms with Gasteiger partial charge in [0, 0.05) is 55.2 Å². The molecule has 30 heavy (non-hydrogen) atoms. The van der Waals surface area contributed by atoms with E-state index in [1.54, 1.807) is 0 Å². The topological polar surface area (TPSA) is 23.8 Å². The third-order valence-corrected chi connectivity index (χ3v) is 6.07. The maximum absolute atomic E-state index is 6.18. The van der Waals surface area contributed by atoms with Crippen LogP contribution in [0.25, 0.3) is 16.9 Å². The number of halogens is 1. The van der Waals surface area contributed by atoms with Crippen molar-refractivity contribution in [2.45, 2.75) is 13.5 Å². The first-order valence-electron chi connectivity index (χ1n) is 10.4. The quantitative estimate of drug-likeness (QED) is 0.452. The number of hydrogen-bond acceptors (Lipinski definition) is 3. The molecule has 3 heterocycles. The minimum atomic E-state index is 0.795. The molecular weight excluding hydrogens is 392 g/mol. The lowest BCUT2D eigenvalue weighted by molar-refractivity contribution is 0.247. The van der Waals surface area contributed by atoms with Crippen molar-refractivity contribution in [2.75, 3.05) is 31.1 Å². The number of aryl methyl sites for hydroxylation is 1. The molecule has 0 spiro atoms. The summed E-state index contributed by atoms with van der Waals surface area (Å²) in [6.07, 6.45) is 2.20. The second-order valence-corrected chi connectivity index (χ2v) is 8.39. The van der Waals surface area contributed by atoms with Crippen LogP contribution in [0.1, 0.15) is 11.3 Å². The van der Waals surface area contributed by atoms with Gasteiger partial charge in [-0.15, -0.1) is 0 Å². The van der Waals surface area contributed by atoms with Gasteiger partial charge < -0.3 is 9.30 Å². The summed E-state index contributed by atoms with van der Waals surface area (Å²) in [6, 6.07) is 22.9. The zero-order valence-electron chi connectivity index (χ0n) is 17.1. The third-order valence-electron chi connectivity index (χ3n) is 5.83. The van der Waals surface area contributed by atoms with Gasteiger partial charge in [0.25, 0.3) is 0 Å². The zero-order valence-corrected chi connectivity index (χ0v) is 17.9. The van der Waals surface area contributed by atoms with Crippen LogP contribution < -0.4 is 4.90 Å². The fourth-order valence-electron chi connectivity index (χ4n) is 4.23. The summed E-state index contributed by atoms with van der Waals surface area (Å²) in [5.41, 5.74) is 6.97. The summed E-state index contributed by atoms with van der Waals surface area (Å²) in [6.45, 7) is 7.04. The van der Waals surface area contributed by atoms with Crippen LogP contribution in [-0.2, 0) is 6.54 Å². The Morgan fingerprint density at radius 2 is 1.70 bits per heavy atom. The standard InChI is InChI=1S/C25H25ClN4/c1-19-10-11-24-27-25(20-6-3-2-4-7-20)23(30(24)17-19)18-28-12-14-29(15-13-28)22-9-5-8-21(26)16-22/h2-11,16-17H,12-15,18H2,1H3.